The smallest absolute Gasteiger partial charge is 0.0329 e. The minimum absolute atomic E-state index is 0.640. The van der Waals surface area contributed by atoms with Gasteiger partial charge in [-0.15, -0.1) is 11.3 Å². The van der Waals surface area contributed by atoms with E-state index >= 15 is 0 Å². The highest BCUT2D eigenvalue weighted by Crippen LogP contribution is 2.22. The number of aryl methyl sites for hydroxylation is 2. The number of nitrogens with one attached hydrogen (secondary N) is 1. The first-order chi connectivity index (χ1) is 7.15. The molecule has 0 aliphatic carbocycles. The molecule has 0 aromatic carbocycles. The lowest BCUT2D eigenvalue weighted by Crippen LogP contribution is -2.48. The van der Waals surface area contributed by atoms with Gasteiger partial charge in [-0.25, -0.2) is 0 Å². The molecule has 15 heavy (non-hydrogen) atoms. The molecule has 1 N–H and O–H groups in total. The SMILES string of the molecule is Cc1cc(CN2CCNC(C)C2)sc1C. The summed E-state index contributed by atoms with van der Waals surface area (Å²) in [5.74, 6) is 0. The first kappa shape index (κ1) is 11.1. The van der Waals surface area contributed by atoms with Crippen LogP contribution in [-0.2, 0) is 6.54 Å². The number of hydrogen-bond acceptors (Lipinski definition) is 3. The third-order valence-electron chi connectivity index (χ3n) is 3.05. The Morgan fingerprint density at radius 2 is 2.33 bits per heavy atom. The molecule has 1 aliphatic heterocycles. The fraction of sp³-hybridized carbons (Fsp3) is 0.667. The summed E-state index contributed by atoms with van der Waals surface area (Å²) in [5.41, 5.74) is 1.44. The predicted molar refractivity (Wildman–Crippen MR) is 66.5 cm³/mol. The third-order valence-corrected chi connectivity index (χ3v) is 4.19. The summed E-state index contributed by atoms with van der Waals surface area (Å²) in [6, 6.07) is 2.98. The molecule has 0 bridgehead atoms. The second-order valence-corrected chi connectivity index (χ2v) is 5.88. The van der Waals surface area contributed by atoms with Crippen molar-refractivity contribution < 1.29 is 0 Å². The van der Waals surface area contributed by atoms with Crippen LogP contribution in [0.1, 0.15) is 22.2 Å². The molecular formula is C12H20N2S. The molecule has 1 aliphatic rings. The van der Waals surface area contributed by atoms with Crippen LogP contribution < -0.4 is 5.32 Å². The highest BCUT2D eigenvalue weighted by molar-refractivity contribution is 7.12. The monoisotopic (exact) mass is 224 g/mol. The van der Waals surface area contributed by atoms with Gasteiger partial charge in [0.05, 0.1) is 0 Å². The summed E-state index contributed by atoms with van der Waals surface area (Å²) in [6.07, 6.45) is 0. The molecule has 2 nitrogen and oxygen atoms in total. The number of hydrogen-bond donors (Lipinski definition) is 1. The normalized spacial score (nSPS) is 23.3. The molecule has 1 unspecified atom stereocenters. The zero-order valence-electron chi connectivity index (χ0n) is 9.84. The fourth-order valence-corrected chi connectivity index (χ4v) is 3.20. The summed E-state index contributed by atoms with van der Waals surface area (Å²) >= 11 is 1.95. The van der Waals surface area contributed by atoms with Crippen molar-refractivity contribution in [3.8, 4) is 0 Å². The van der Waals surface area contributed by atoms with E-state index in [1.165, 1.54) is 28.4 Å². The quantitative estimate of drug-likeness (QED) is 0.828. The first-order valence-corrected chi connectivity index (χ1v) is 6.48. The molecule has 0 saturated carbocycles. The van der Waals surface area contributed by atoms with Crippen molar-refractivity contribution in [1.29, 1.82) is 0 Å². The van der Waals surface area contributed by atoms with Gasteiger partial charge in [0.1, 0.15) is 0 Å². The second kappa shape index (κ2) is 4.64. The lowest BCUT2D eigenvalue weighted by molar-refractivity contribution is 0.201. The van der Waals surface area contributed by atoms with Gasteiger partial charge in [0, 0.05) is 42.0 Å². The summed E-state index contributed by atoms with van der Waals surface area (Å²) in [7, 11) is 0. The Labute approximate surface area is 96.3 Å². The minimum Gasteiger partial charge on any atom is -0.312 e. The van der Waals surface area contributed by atoms with Crippen LogP contribution in [0, 0.1) is 13.8 Å². The van der Waals surface area contributed by atoms with E-state index in [4.69, 9.17) is 0 Å². The Kier molecular flexibility index (Phi) is 3.44. The van der Waals surface area contributed by atoms with E-state index in [2.05, 4.69) is 37.1 Å². The molecule has 2 rings (SSSR count). The summed E-state index contributed by atoms with van der Waals surface area (Å²) in [5, 5.41) is 3.48. The van der Waals surface area contributed by atoms with E-state index in [0.29, 0.717) is 6.04 Å². The Morgan fingerprint density at radius 1 is 1.53 bits per heavy atom. The van der Waals surface area contributed by atoms with Crippen molar-refractivity contribution in [2.75, 3.05) is 19.6 Å². The van der Waals surface area contributed by atoms with E-state index in [9.17, 15) is 0 Å². The van der Waals surface area contributed by atoms with Crippen LogP contribution in [0.2, 0.25) is 0 Å². The molecule has 1 saturated heterocycles. The van der Waals surface area contributed by atoms with Gasteiger partial charge in [0.15, 0.2) is 0 Å². The zero-order valence-corrected chi connectivity index (χ0v) is 10.7. The maximum atomic E-state index is 3.48. The summed E-state index contributed by atoms with van der Waals surface area (Å²) in [4.78, 5) is 5.53. The average molecular weight is 224 g/mol. The molecule has 0 spiro atoms. The van der Waals surface area contributed by atoms with Crippen molar-refractivity contribution in [2.24, 2.45) is 0 Å². The molecule has 0 radical (unpaired) electrons. The number of nitrogens with zero attached hydrogens (tertiary/aromatic N) is 1. The number of thiophene rings is 1. The number of rotatable bonds is 2. The van der Waals surface area contributed by atoms with Gasteiger partial charge >= 0.3 is 0 Å². The van der Waals surface area contributed by atoms with Crippen molar-refractivity contribution in [3.63, 3.8) is 0 Å². The molecule has 0 amide bonds. The van der Waals surface area contributed by atoms with E-state index < -0.39 is 0 Å². The van der Waals surface area contributed by atoms with Crippen molar-refractivity contribution in [2.45, 2.75) is 33.4 Å². The van der Waals surface area contributed by atoms with E-state index in [0.717, 1.165) is 13.1 Å². The molecule has 3 heteroatoms. The molecule has 1 fully saturated rings. The van der Waals surface area contributed by atoms with Crippen LogP contribution in [0.25, 0.3) is 0 Å². The Balaban J connectivity index is 1.96. The van der Waals surface area contributed by atoms with Crippen molar-refractivity contribution in [3.05, 3.63) is 21.4 Å². The standard InChI is InChI=1S/C12H20N2S/c1-9-6-12(15-11(9)3)8-14-5-4-13-10(2)7-14/h6,10,13H,4-5,7-8H2,1-3H3. The highest BCUT2D eigenvalue weighted by atomic mass is 32.1. The van der Waals surface area contributed by atoms with Crippen molar-refractivity contribution in [1.82, 2.24) is 10.2 Å². The van der Waals surface area contributed by atoms with Gasteiger partial charge in [0.2, 0.25) is 0 Å². The average Bonchev–Trinajstić information content (AvgIpc) is 2.45. The fourth-order valence-electron chi connectivity index (χ4n) is 2.10. The lowest BCUT2D eigenvalue weighted by Gasteiger charge is -2.31. The second-order valence-electron chi connectivity index (χ2n) is 4.54. The van der Waals surface area contributed by atoms with E-state index in [1.54, 1.807) is 0 Å². The summed E-state index contributed by atoms with van der Waals surface area (Å²) < 4.78 is 0. The lowest BCUT2D eigenvalue weighted by atomic mass is 10.2. The van der Waals surface area contributed by atoms with Crippen LogP contribution in [0.5, 0.6) is 0 Å². The predicted octanol–water partition coefficient (Wildman–Crippen LogP) is 2.16. The third kappa shape index (κ3) is 2.80. The molecule has 84 valence electrons. The van der Waals surface area contributed by atoms with Gasteiger partial charge in [0.25, 0.3) is 0 Å². The van der Waals surface area contributed by atoms with E-state index in [1.807, 2.05) is 11.3 Å². The minimum atomic E-state index is 0.640. The van der Waals surface area contributed by atoms with Crippen molar-refractivity contribution >= 4 is 11.3 Å². The topological polar surface area (TPSA) is 15.3 Å². The molecule has 1 atom stereocenters. The van der Waals surface area contributed by atoms with Crippen LogP contribution in [-0.4, -0.2) is 30.6 Å². The van der Waals surface area contributed by atoms with Gasteiger partial charge in [-0.05, 0) is 32.4 Å². The first-order valence-electron chi connectivity index (χ1n) is 5.67. The zero-order chi connectivity index (χ0) is 10.8. The van der Waals surface area contributed by atoms with Gasteiger partial charge in [-0.2, -0.15) is 0 Å². The Bertz CT molecular complexity index is 313. The highest BCUT2D eigenvalue weighted by Gasteiger charge is 2.16. The van der Waals surface area contributed by atoms with Gasteiger partial charge < -0.3 is 5.32 Å². The Hall–Kier alpha value is -0.380. The maximum Gasteiger partial charge on any atom is 0.0329 e. The largest absolute Gasteiger partial charge is 0.312 e. The summed E-state index contributed by atoms with van der Waals surface area (Å²) in [6.45, 7) is 11.3. The van der Waals surface area contributed by atoms with E-state index in [-0.39, 0.29) is 0 Å². The molecule has 1 aromatic heterocycles. The Morgan fingerprint density at radius 3 is 2.93 bits per heavy atom. The van der Waals surface area contributed by atoms with Gasteiger partial charge in [-0.3, -0.25) is 4.90 Å². The molecule has 2 heterocycles. The van der Waals surface area contributed by atoms with Crippen LogP contribution >= 0.6 is 11.3 Å². The molecule has 1 aromatic rings. The maximum absolute atomic E-state index is 3.48. The molecular weight excluding hydrogens is 204 g/mol. The van der Waals surface area contributed by atoms with Crippen LogP contribution in [0.15, 0.2) is 6.07 Å². The van der Waals surface area contributed by atoms with Crippen LogP contribution in [0.3, 0.4) is 0 Å². The van der Waals surface area contributed by atoms with Gasteiger partial charge in [-0.1, -0.05) is 0 Å². The van der Waals surface area contributed by atoms with Crippen LogP contribution in [0.4, 0.5) is 0 Å². The number of piperazine rings is 1.